The van der Waals surface area contributed by atoms with Gasteiger partial charge in [-0.1, -0.05) is 146 Å². The van der Waals surface area contributed by atoms with Crippen molar-refractivity contribution < 1.29 is 4.42 Å². The van der Waals surface area contributed by atoms with Gasteiger partial charge in [0.1, 0.15) is 11.2 Å². The average Bonchev–Trinajstić information content (AvgIpc) is 3.83. The Hall–Kier alpha value is -7.63. The van der Waals surface area contributed by atoms with E-state index in [4.69, 9.17) is 14.4 Å². The molecule has 11 aromatic rings. The molecule has 11 rings (SSSR count). The van der Waals surface area contributed by atoms with Gasteiger partial charge < -0.3 is 8.98 Å². The minimum Gasteiger partial charge on any atom is -0.456 e. The maximum Gasteiger partial charge on any atom is 0.161 e. The molecule has 0 saturated carbocycles. The molecule has 0 aliphatic carbocycles. The third-order valence-corrected chi connectivity index (χ3v) is 11.2. The minimum absolute atomic E-state index is 0.442. The van der Waals surface area contributed by atoms with E-state index < -0.39 is 0 Å². The van der Waals surface area contributed by atoms with Gasteiger partial charge in [0.15, 0.2) is 11.7 Å². The molecule has 57 heavy (non-hydrogen) atoms. The van der Waals surface area contributed by atoms with Crippen molar-refractivity contribution in [3.63, 3.8) is 0 Å². The Morgan fingerprint density at radius 2 is 1.09 bits per heavy atom. The normalized spacial score (nSPS) is 12.6. The molecule has 0 radical (unpaired) electrons. The van der Waals surface area contributed by atoms with Crippen molar-refractivity contribution in [2.45, 2.75) is 6.54 Å². The first-order chi connectivity index (χ1) is 28.2. The van der Waals surface area contributed by atoms with Gasteiger partial charge in [-0.2, -0.15) is 0 Å². The minimum atomic E-state index is 0.442. The van der Waals surface area contributed by atoms with Crippen LogP contribution in [-0.2, 0) is 6.54 Å². The molecular weight excluding hydrogens is 697 g/mol. The zero-order valence-corrected chi connectivity index (χ0v) is 30.9. The van der Waals surface area contributed by atoms with Gasteiger partial charge in [0.25, 0.3) is 0 Å². The number of hydrogen-bond donors (Lipinski definition) is 0. The zero-order chi connectivity index (χ0) is 37.9. The van der Waals surface area contributed by atoms with Gasteiger partial charge in [-0.25, -0.2) is 9.98 Å². The van der Waals surface area contributed by atoms with E-state index in [0.29, 0.717) is 18.2 Å². The molecule has 0 saturated heterocycles. The van der Waals surface area contributed by atoms with Crippen molar-refractivity contribution in [3.8, 4) is 5.69 Å². The van der Waals surface area contributed by atoms with Crippen LogP contribution >= 0.6 is 0 Å². The molecule has 5 heteroatoms. The number of benzene rings is 9. The Balaban J connectivity index is 1.30. The average molecular weight is 731 g/mol. The van der Waals surface area contributed by atoms with E-state index in [1.54, 1.807) is 0 Å². The summed E-state index contributed by atoms with van der Waals surface area (Å²) in [4.78, 5) is 15.1. The molecule has 0 fully saturated rings. The molecule has 9 aromatic carbocycles. The van der Waals surface area contributed by atoms with Crippen LogP contribution in [0, 0.1) is 0 Å². The highest BCUT2D eigenvalue weighted by Gasteiger charge is 2.22. The van der Waals surface area contributed by atoms with Gasteiger partial charge in [0, 0.05) is 43.7 Å². The molecule has 0 aliphatic rings. The van der Waals surface area contributed by atoms with Crippen molar-refractivity contribution in [1.29, 1.82) is 0 Å². The van der Waals surface area contributed by atoms with Crippen LogP contribution in [-0.4, -0.2) is 23.0 Å². The molecule has 0 N–H and O–H groups in total. The van der Waals surface area contributed by atoms with E-state index in [9.17, 15) is 0 Å². The van der Waals surface area contributed by atoms with E-state index in [0.717, 1.165) is 87.7 Å². The standard InChI is InChI=1S/C52H34N4O/c1-53-51(34-18-6-3-7-19-34)55-52(54-32-33-16-4-2-5-17-33)43-31-35(30-42-38-22-9-8-20-36(38)37-21-10-11-23-39(37)48(42)43)56-44-26-14-12-24-40(44)49-45(56)28-29-47-50(49)41-25-13-15-27-46(41)57-47/h2-31H,1,32H2/b54-52-,55-51-. The maximum atomic E-state index is 6.42. The molecule has 0 unspecified atom stereocenters. The highest BCUT2D eigenvalue weighted by Crippen LogP contribution is 2.43. The van der Waals surface area contributed by atoms with Gasteiger partial charge in [-0.15, -0.1) is 0 Å². The predicted octanol–water partition coefficient (Wildman–Crippen LogP) is 13.2. The van der Waals surface area contributed by atoms with Crippen LogP contribution in [0.5, 0.6) is 0 Å². The van der Waals surface area contributed by atoms with Crippen LogP contribution in [0.15, 0.2) is 201 Å². The first-order valence-electron chi connectivity index (χ1n) is 19.2. The number of furan rings is 1. The highest BCUT2D eigenvalue weighted by atomic mass is 16.3. The summed E-state index contributed by atoms with van der Waals surface area (Å²) >= 11 is 0. The van der Waals surface area contributed by atoms with Crippen LogP contribution < -0.4 is 0 Å². The Morgan fingerprint density at radius 1 is 0.474 bits per heavy atom. The molecule has 0 atom stereocenters. The lowest BCUT2D eigenvalue weighted by atomic mass is 9.90. The Morgan fingerprint density at radius 3 is 1.84 bits per heavy atom. The third-order valence-electron chi connectivity index (χ3n) is 11.2. The molecule has 0 bridgehead atoms. The van der Waals surface area contributed by atoms with Crippen LogP contribution in [0.4, 0.5) is 0 Å². The molecule has 0 aliphatic heterocycles. The molecule has 0 amide bonds. The molecular formula is C52H34N4O. The lowest BCUT2D eigenvalue weighted by Gasteiger charge is -2.18. The number of nitrogens with zero attached hydrogens (tertiary/aromatic N) is 4. The fourth-order valence-corrected chi connectivity index (χ4v) is 8.69. The second-order valence-corrected chi connectivity index (χ2v) is 14.4. The topological polar surface area (TPSA) is 55.1 Å². The lowest BCUT2D eigenvalue weighted by molar-refractivity contribution is 0.669. The Kier molecular flexibility index (Phi) is 7.64. The summed E-state index contributed by atoms with van der Waals surface area (Å²) in [5.74, 6) is 1.10. The number of aromatic nitrogens is 1. The van der Waals surface area contributed by atoms with E-state index in [2.05, 4.69) is 138 Å². The van der Waals surface area contributed by atoms with Gasteiger partial charge in [0.2, 0.25) is 0 Å². The molecule has 268 valence electrons. The monoisotopic (exact) mass is 730 g/mol. The second kappa shape index (κ2) is 13.3. The van der Waals surface area contributed by atoms with Gasteiger partial charge in [0.05, 0.1) is 17.6 Å². The smallest absolute Gasteiger partial charge is 0.161 e. The first-order valence-corrected chi connectivity index (χ1v) is 19.2. The third kappa shape index (κ3) is 5.28. The van der Waals surface area contributed by atoms with Crippen LogP contribution in [0.2, 0.25) is 0 Å². The van der Waals surface area contributed by atoms with Crippen LogP contribution in [0.3, 0.4) is 0 Å². The summed E-state index contributed by atoms with van der Waals surface area (Å²) in [5.41, 5.74) is 7.83. The number of rotatable bonds is 5. The SMILES string of the molecule is C=N/C(=N\C(=N/Cc1ccccc1)c1cc(-n2c3ccccc3c3c4c(ccc32)oc2ccccc24)cc2c3ccccc3c3ccccc3c12)c1ccccc1. The fraction of sp³-hybridized carbons (Fsp3) is 0.0192. The molecule has 5 nitrogen and oxygen atoms in total. The summed E-state index contributed by atoms with van der Waals surface area (Å²) in [6.07, 6.45) is 0. The van der Waals surface area contributed by atoms with Crippen LogP contribution in [0.25, 0.3) is 81.7 Å². The number of amidine groups is 2. The molecule has 2 heterocycles. The van der Waals surface area contributed by atoms with Crippen molar-refractivity contribution in [2.75, 3.05) is 0 Å². The van der Waals surface area contributed by atoms with Crippen molar-refractivity contribution in [3.05, 3.63) is 199 Å². The van der Waals surface area contributed by atoms with E-state index in [1.165, 1.54) is 10.8 Å². The van der Waals surface area contributed by atoms with E-state index in [1.807, 2.05) is 60.7 Å². The second-order valence-electron chi connectivity index (χ2n) is 14.4. The summed E-state index contributed by atoms with van der Waals surface area (Å²) < 4.78 is 8.81. The first kappa shape index (κ1) is 32.8. The fourth-order valence-electron chi connectivity index (χ4n) is 8.69. The summed E-state index contributed by atoms with van der Waals surface area (Å²) in [5, 5.41) is 11.4. The quantitative estimate of drug-likeness (QED) is 0.0988. The number of aliphatic imine (C=N–C) groups is 3. The maximum absolute atomic E-state index is 6.42. The van der Waals surface area contributed by atoms with Crippen molar-refractivity contribution >= 4 is 94.5 Å². The van der Waals surface area contributed by atoms with Crippen LogP contribution in [0.1, 0.15) is 16.7 Å². The zero-order valence-electron chi connectivity index (χ0n) is 30.9. The van der Waals surface area contributed by atoms with Gasteiger partial charge in [-0.05, 0) is 75.6 Å². The molecule has 0 spiro atoms. The largest absolute Gasteiger partial charge is 0.456 e. The highest BCUT2D eigenvalue weighted by molar-refractivity contribution is 6.32. The Labute approximate surface area is 328 Å². The molecule has 2 aromatic heterocycles. The number of hydrogen-bond acceptors (Lipinski definition) is 2. The van der Waals surface area contributed by atoms with E-state index in [-0.39, 0.29) is 0 Å². The predicted molar refractivity (Wildman–Crippen MR) is 240 cm³/mol. The number of para-hydroxylation sites is 2. The van der Waals surface area contributed by atoms with Gasteiger partial charge >= 0.3 is 0 Å². The Bertz CT molecular complexity index is 3450. The summed E-state index contributed by atoms with van der Waals surface area (Å²) in [6, 6.07) is 63.6. The van der Waals surface area contributed by atoms with E-state index >= 15 is 0 Å². The summed E-state index contributed by atoms with van der Waals surface area (Å²) in [7, 11) is 0. The van der Waals surface area contributed by atoms with Crippen molar-refractivity contribution in [1.82, 2.24) is 4.57 Å². The summed E-state index contributed by atoms with van der Waals surface area (Å²) in [6.45, 7) is 4.42. The lowest BCUT2D eigenvalue weighted by Crippen LogP contribution is -2.08. The van der Waals surface area contributed by atoms with Crippen molar-refractivity contribution in [2.24, 2.45) is 15.0 Å². The number of fused-ring (bicyclic) bond motifs is 13. The van der Waals surface area contributed by atoms with Gasteiger partial charge in [-0.3, -0.25) is 4.99 Å².